The molecule has 1 nitrogen and oxygen atoms in total. The van der Waals surface area contributed by atoms with Crippen LogP contribution in [0, 0.1) is 0 Å². The molecule has 0 saturated heterocycles. The van der Waals surface area contributed by atoms with Gasteiger partial charge in [0.1, 0.15) is 0 Å². The molecular weight excluding hydrogens is 647 g/mol. The Kier molecular flexibility index (Phi) is 7.41. The third-order valence-corrected chi connectivity index (χ3v) is 11.4. The molecule has 1 aromatic heterocycles. The molecule has 0 aliphatic heterocycles. The molecule has 0 saturated carbocycles. The highest BCUT2D eigenvalue weighted by atomic mass is 32.1. The highest BCUT2D eigenvalue weighted by molar-refractivity contribution is 7.25. The average molecular weight is 680 g/mol. The number of hydrogen-bond donors (Lipinski definition) is 0. The molecule has 2 heteroatoms. The van der Waals surface area contributed by atoms with Crippen LogP contribution in [-0.4, -0.2) is 0 Å². The van der Waals surface area contributed by atoms with Crippen LogP contribution in [0.5, 0.6) is 0 Å². The van der Waals surface area contributed by atoms with E-state index in [-0.39, 0.29) is 0 Å². The molecular formula is C50H33NS. The predicted molar refractivity (Wildman–Crippen MR) is 225 cm³/mol. The molecule has 52 heavy (non-hydrogen) atoms. The maximum absolute atomic E-state index is 2.40. The summed E-state index contributed by atoms with van der Waals surface area (Å²) in [5.41, 5.74) is 10.6. The first kappa shape index (κ1) is 30.4. The fourth-order valence-electron chi connectivity index (χ4n) is 7.76. The van der Waals surface area contributed by atoms with Crippen molar-refractivity contribution in [2.75, 3.05) is 4.90 Å². The minimum Gasteiger partial charge on any atom is -0.310 e. The van der Waals surface area contributed by atoms with Crippen molar-refractivity contribution in [1.82, 2.24) is 0 Å². The Balaban J connectivity index is 1.12. The van der Waals surface area contributed by atoms with Crippen molar-refractivity contribution in [3.05, 3.63) is 200 Å². The van der Waals surface area contributed by atoms with E-state index >= 15 is 0 Å². The summed E-state index contributed by atoms with van der Waals surface area (Å²) in [4.78, 5) is 2.40. The summed E-state index contributed by atoms with van der Waals surface area (Å²) in [6.07, 6.45) is 0. The molecule has 0 N–H and O–H groups in total. The number of fused-ring (bicyclic) bond motifs is 5. The van der Waals surface area contributed by atoms with Gasteiger partial charge < -0.3 is 4.90 Å². The molecule has 0 atom stereocenters. The Hall–Kier alpha value is -6.48. The van der Waals surface area contributed by atoms with Gasteiger partial charge in [-0.2, -0.15) is 0 Å². The number of hydrogen-bond acceptors (Lipinski definition) is 2. The van der Waals surface area contributed by atoms with Crippen LogP contribution in [0.3, 0.4) is 0 Å². The van der Waals surface area contributed by atoms with Crippen LogP contribution in [0.4, 0.5) is 17.1 Å². The van der Waals surface area contributed by atoms with Gasteiger partial charge in [-0.3, -0.25) is 0 Å². The van der Waals surface area contributed by atoms with Crippen LogP contribution in [0.1, 0.15) is 0 Å². The van der Waals surface area contributed by atoms with Crippen molar-refractivity contribution < 1.29 is 0 Å². The van der Waals surface area contributed by atoms with Crippen molar-refractivity contribution in [2.24, 2.45) is 0 Å². The van der Waals surface area contributed by atoms with E-state index in [1.165, 1.54) is 75.1 Å². The maximum Gasteiger partial charge on any atom is 0.0540 e. The Labute approximate surface area is 307 Å². The first-order valence-electron chi connectivity index (χ1n) is 17.8. The van der Waals surface area contributed by atoms with Crippen molar-refractivity contribution in [2.45, 2.75) is 0 Å². The lowest BCUT2D eigenvalue weighted by Gasteiger charge is -2.28. The van der Waals surface area contributed by atoms with Gasteiger partial charge in [0.15, 0.2) is 0 Å². The smallest absolute Gasteiger partial charge is 0.0540 e. The monoisotopic (exact) mass is 679 g/mol. The SMILES string of the molecule is c1ccc(-c2ccc(N(c3ccc(-c4cccc5cc6sc7ccccc7c6cc45)cc3)c3ccccc3-c3cccc4ccccc34)cc2)cc1. The highest BCUT2D eigenvalue weighted by Crippen LogP contribution is 2.44. The fourth-order valence-corrected chi connectivity index (χ4v) is 8.89. The number of thiophene rings is 1. The van der Waals surface area contributed by atoms with Crippen molar-refractivity contribution in [3.63, 3.8) is 0 Å². The molecule has 0 radical (unpaired) electrons. The molecule has 10 rings (SSSR count). The molecule has 0 aliphatic rings. The number of benzene rings is 9. The molecule has 1 heterocycles. The van der Waals surface area contributed by atoms with Crippen LogP contribution in [0.15, 0.2) is 200 Å². The van der Waals surface area contributed by atoms with Crippen LogP contribution in [0.25, 0.3) is 75.1 Å². The van der Waals surface area contributed by atoms with Crippen LogP contribution >= 0.6 is 11.3 Å². The zero-order valence-corrected chi connectivity index (χ0v) is 29.2. The molecule has 10 aromatic rings. The van der Waals surface area contributed by atoms with E-state index in [4.69, 9.17) is 0 Å². The van der Waals surface area contributed by atoms with Gasteiger partial charge in [-0.15, -0.1) is 11.3 Å². The van der Waals surface area contributed by atoms with E-state index < -0.39 is 0 Å². The number of anilines is 3. The molecule has 0 bridgehead atoms. The third kappa shape index (κ3) is 5.24. The number of nitrogens with zero attached hydrogens (tertiary/aromatic N) is 1. The standard InChI is InChI=1S/C50H33NS/c1-2-12-34(13-3-1)35-24-28-39(29-25-35)51(48-22-8-6-18-44(48)43-21-10-15-36-14-4-5-17-41(36)43)40-30-26-37(27-31-40)42-20-11-16-38-32-50-47(33-46(38)42)45-19-7-9-23-49(45)52-50/h1-33H. The van der Waals surface area contributed by atoms with E-state index in [2.05, 4.69) is 205 Å². The quantitative estimate of drug-likeness (QED) is 0.169. The molecule has 244 valence electrons. The van der Waals surface area contributed by atoms with Gasteiger partial charge in [-0.25, -0.2) is 0 Å². The van der Waals surface area contributed by atoms with Gasteiger partial charge >= 0.3 is 0 Å². The lowest BCUT2D eigenvalue weighted by Crippen LogP contribution is -2.11. The van der Waals surface area contributed by atoms with Gasteiger partial charge in [0.25, 0.3) is 0 Å². The average Bonchev–Trinajstić information content (AvgIpc) is 3.58. The van der Waals surface area contributed by atoms with Gasteiger partial charge in [-0.1, -0.05) is 152 Å². The van der Waals surface area contributed by atoms with E-state index in [9.17, 15) is 0 Å². The van der Waals surface area contributed by atoms with E-state index in [0.717, 1.165) is 17.1 Å². The molecule has 0 unspecified atom stereocenters. The molecule has 0 spiro atoms. The molecule has 0 fully saturated rings. The normalized spacial score (nSPS) is 11.5. The second-order valence-corrected chi connectivity index (χ2v) is 14.4. The van der Waals surface area contributed by atoms with Gasteiger partial charge in [-0.05, 0) is 97.9 Å². The lowest BCUT2D eigenvalue weighted by atomic mass is 9.95. The van der Waals surface area contributed by atoms with Gasteiger partial charge in [0.05, 0.1) is 5.69 Å². The summed E-state index contributed by atoms with van der Waals surface area (Å²) in [5, 5.41) is 7.68. The minimum absolute atomic E-state index is 1.11. The van der Waals surface area contributed by atoms with E-state index in [0.29, 0.717) is 0 Å². The summed E-state index contributed by atoms with van der Waals surface area (Å²) < 4.78 is 2.67. The second kappa shape index (κ2) is 12.7. The highest BCUT2D eigenvalue weighted by Gasteiger charge is 2.19. The maximum atomic E-state index is 2.40. The molecule has 0 amide bonds. The van der Waals surface area contributed by atoms with Crippen molar-refractivity contribution in [3.8, 4) is 33.4 Å². The molecule has 0 aliphatic carbocycles. The van der Waals surface area contributed by atoms with Crippen LogP contribution in [0.2, 0.25) is 0 Å². The Bertz CT molecular complexity index is 2880. The summed E-state index contributed by atoms with van der Waals surface area (Å²) in [5.74, 6) is 0. The molecule has 9 aromatic carbocycles. The number of para-hydroxylation sites is 1. The Morgan fingerprint density at radius 2 is 0.885 bits per heavy atom. The van der Waals surface area contributed by atoms with Gasteiger partial charge in [0.2, 0.25) is 0 Å². The first-order chi connectivity index (χ1) is 25.8. The van der Waals surface area contributed by atoms with Crippen LogP contribution < -0.4 is 4.90 Å². The fraction of sp³-hybridized carbons (Fsp3) is 0. The van der Waals surface area contributed by atoms with E-state index in [1.807, 2.05) is 11.3 Å². The minimum atomic E-state index is 1.11. The Morgan fingerprint density at radius 3 is 1.69 bits per heavy atom. The summed E-state index contributed by atoms with van der Waals surface area (Å²) in [7, 11) is 0. The van der Waals surface area contributed by atoms with E-state index in [1.54, 1.807) is 0 Å². The Morgan fingerprint density at radius 1 is 0.308 bits per heavy atom. The second-order valence-electron chi connectivity index (χ2n) is 13.3. The first-order valence-corrected chi connectivity index (χ1v) is 18.6. The van der Waals surface area contributed by atoms with Gasteiger partial charge in [0, 0.05) is 37.1 Å². The van der Waals surface area contributed by atoms with Crippen molar-refractivity contribution in [1.29, 1.82) is 0 Å². The van der Waals surface area contributed by atoms with Crippen molar-refractivity contribution >= 4 is 70.1 Å². The zero-order valence-electron chi connectivity index (χ0n) is 28.4. The zero-order chi connectivity index (χ0) is 34.4. The summed E-state index contributed by atoms with van der Waals surface area (Å²) in [6, 6.07) is 72.9. The summed E-state index contributed by atoms with van der Waals surface area (Å²) in [6.45, 7) is 0. The largest absolute Gasteiger partial charge is 0.310 e. The topological polar surface area (TPSA) is 3.24 Å². The predicted octanol–water partition coefficient (Wildman–Crippen LogP) is 14.8. The third-order valence-electron chi connectivity index (χ3n) is 10.3. The summed E-state index contributed by atoms with van der Waals surface area (Å²) >= 11 is 1.87. The lowest BCUT2D eigenvalue weighted by molar-refractivity contribution is 1.28. The number of rotatable bonds is 6. The van der Waals surface area contributed by atoms with Crippen LogP contribution in [-0.2, 0) is 0 Å².